The van der Waals surface area contributed by atoms with Gasteiger partial charge in [0, 0.05) is 18.7 Å². The van der Waals surface area contributed by atoms with Gasteiger partial charge in [-0.05, 0) is 61.7 Å². The van der Waals surface area contributed by atoms with Crippen LogP contribution in [0.3, 0.4) is 0 Å². The number of nitrogens with zero attached hydrogens (tertiary/aromatic N) is 1. The SMILES string of the molecule is COc1ccc(S(=O)(=O)Nc2ccc(C)c(N3CCCCC3=O)c2)cc1. The standard InChI is InChI=1S/C19H22N2O4S/c1-14-6-7-15(13-18(14)21-12-4-3-5-19(21)22)20-26(23,24)17-10-8-16(25-2)9-11-17/h6-11,13,20H,3-5,12H2,1-2H3. The van der Waals surface area contributed by atoms with Crippen molar-refractivity contribution in [2.75, 3.05) is 23.3 Å². The molecule has 2 aromatic carbocycles. The molecule has 1 N–H and O–H groups in total. The molecule has 0 unspecified atom stereocenters. The van der Waals surface area contributed by atoms with Gasteiger partial charge >= 0.3 is 0 Å². The second-order valence-corrected chi connectivity index (χ2v) is 7.97. The highest BCUT2D eigenvalue weighted by Gasteiger charge is 2.22. The number of amides is 1. The zero-order chi connectivity index (χ0) is 18.7. The van der Waals surface area contributed by atoms with Crippen molar-refractivity contribution < 1.29 is 17.9 Å². The molecule has 0 aromatic heterocycles. The summed E-state index contributed by atoms with van der Waals surface area (Å²) in [5, 5.41) is 0. The third-order valence-electron chi connectivity index (χ3n) is 4.45. The monoisotopic (exact) mass is 374 g/mol. The zero-order valence-corrected chi connectivity index (χ0v) is 15.7. The minimum absolute atomic E-state index is 0.0783. The zero-order valence-electron chi connectivity index (χ0n) is 14.9. The lowest BCUT2D eigenvalue weighted by molar-refractivity contribution is -0.119. The molecular formula is C19H22N2O4S. The average Bonchev–Trinajstić information content (AvgIpc) is 2.64. The Kier molecular flexibility index (Phi) is 5.18. The summed E-state index contributed by atoms with van der Waals surface area (Å²) in [7, 11) is -2.20. The molecule has 1 heterocycles. The van der Waals surface area contributed by atoms with Crippen LogP contribution in [-0.4, -0.2) is 28.0 Å². The Morgan fingerprint density at radius 2 is 1.81 bits per heavy atom. The van der Waals surface area contributed by atoms with Crippen molar-refractivity contribution in [3.05, 3.63) is 48.0 Å². The number of rotatable bonds is 5. The molecule has 0 saturated carbocycles. The number of hydrogen-bond donors (Lipinski definition) is 1. The molecule has 0 radical (unpaired) electrons. The number of nitrogens with one attached hydrogen (secondary N) is 1. The van der Waals surface area contributed by atoms with E-state index < -0.39 is 10.0 Å². The smallest absolute Gasteiger partial charge is 0.261 e. The van der Waals surface area contributed by atoms with Gasteiger partial charge < -0.3 is 9.64 Å². The second kappa shape index (κ2) is 7.37. The van der Waals surface area contributed by atoms with Crippen LogP contribution >= 0.6 is 0 Å². The summed E-state index contributed by atoms with van der Waals surface area (Å²) in [6, 6.07) is 11.4. The quantitative estimate of drug-likeness (QED) is 0.871. The summed E-state index contributed by atoms with van der Waals surface area (Å²) in [4.78, 5) is 14.1. The van der Waals surface area contributed by atoms with E-state index in [0.717, 1.165) is 24.1 Å². The van der Waals surface area contributed by atoms with E-state index in [2.05, 4.69) is 4.72 Å². The number of aryl methyl sites for hydroxylation is 1. The molecule has 1 aliphatic rings. The Morgan fingerprint density at radius 3 is 2.46 bits per heavy atom. The van der Waals surface area contributed by atoms with Gasteiger partial charge in [0.25, 0.3) is 10.0 Å². The van der Waals surface area contributed by atoms with Crippen molar-refractivity contribution in [3.63, 3.8) is 0 Å². The van der Waals surface area contributed by atoms with Crippen molar-refractivity contribution in [2.24, 2.45) is 0 Å². The molecule has 1 saturated heterocycles. The Hall–Kier alpha value is -2.54. The van der Waals surface area contributed by atoms with Crippen LogP contribution in [0.4, 0.5) is 11.4 Å². The van der Waals surface area contributed by atoms with Crippen LogP contribution in [0.2, 0.25) is 0 Å². The van der Waals surface area contributed by atoms with E-state index in [0.29, 0.717) is 24.4 Å². The van der Waals surface area contributed by atoms with Gasteiger partial charge in [-0.1, -0.05) is 6.07 Å². The number of benzene rings is 2. The van der Waals surface area contributed by atoms with E-state index in [1.54, 1.807) is 29.2 Å². The van der Waals surface area contributed by atoms with E-state index in [9.17, 15) is 13.2 Å². The first-order valence-corrected chi connectivity index (χ1v) is 9.97. The van der Waals surface area contributed by atoms with E-state index in [4.69, 9.17) is 4.74 Å². The van der Waals surface area contributed by atoms with Crippen molar-refractivity contribution in [1.82, 2.24) is 0 Å². The van der Waals surface area contributed by atoms with Crippen LogP contribution in [-0.2, 0) is 14.8 Å². The Labute approximate surface area is 153 Å². The number of ether oxygens (including phenoxy) is 1. The second-order valence-electron chi connectivity index (χ2n) is 6.28. The predicted octanol–water partition coefficient (Wildman–Crippen LogP) is 3.32. The molecule has 1 amide bonds. The van der Waals surface area contributed by atoms with Crippen molar-refractivity contribution in [2.45, 2.75) is 31.1 Å². The average molecular weight is 374 g/mol. The molecule has 138 valence electrons. The molecule has 2 aromatic rings. The highest BCUT2D eigenvalue weighted by Crippen LogP contribution is 2.29. The van der Waals surface area contributed by atoms with Gasteiger partial charge in [-0.15, -0.1) is 0 Å². The van der Waals surface area contributed by atoms with Crippen molar-refractivity contribution >= 4 is 27.3 Å². The predicted molar refractivity (Wildman–Crippen MR) is 101 cm³/mol. The van der Waals surface area contributed by atoms with E-state index in [1.165, 1.54) is 19.2 Å². The third kappa shape index (κ3) is 3.83. The number of piperidine rings is 1. The molecule has 6 nitrogen and oxygen atoms in total. The minimum Gasteiger partial charge on any atom is -0.497 e. The molecule has 1 fully saturated rings. The normalized spacial score (nSPS) is 15.0. The molecule has 26 heavy (non-hydrogen) atoms. The topological polar surface area (TPSA) is 75.7 Å². The summed E-state index contributed by atoms with van der Waals surface area (Å²) in [6.07, 6.45) is 2.38. The Morgan fingerprint density at radius 1 is 1.08 bits per heavy atom. The van der Waals surface area contributed by atoms with E-state index in [1.807, 2.05) is 13.0 Å². The molecule has 0 spiro atoms. The number of methoxy groups -OCH3 is 1. The number of carbonyl (C=O) groups is 1. The Bertz CT molecular complexity index is 908. The lowest BCUT2D eigenvalue weighted by Gasteiger charge is -2.28. The fourth-order valence-electron chi connectivity index (χ4n) is 2.99. The first-order valence-electron chi connectivity index (χ1n) is 8.48. The number of hydrogen-bond acceptors (Lipinski definition) is 4. The lowest BCUT2D eigenvalue weighted by atomic mass is 10.1. The first-order chi connectivity index (χ1) is 12.4. The number of anilines is 2. The summed E-state index contributed by atoms with van der Waals surface area (Å²) in [6.45, 7) is 2.58. The number of carbonyl (C=O) groups excluding carboxylic acids is 1. The van der Waals surface area contributed by atoms with Crippen LogP contribution in [0.5, 0.6) is 5.75 Å². The molecular weight excluding hydrogens is 352 g/mol. The van der Waals surface area contributed by atoms with Crippen LogP contribution in [0.1, 0.15) is 24.8 Å². The van der Waals surface area contributed by atoms with Gasteiger partial charge in [-0.25, -0.2) is 8.42 Å². The van der Waals surface area contributed by atoms with Gasteiger partial charge in [0.1, 0.15) is 5.75 Å². The van der Waals surface area contributed by atoms with Gasteiger partial charge in [-0.3, -0.25) is 9.52 Å². The maximum atomic E-state index is 12.6. The molecule has 7 heteroatoms. The Balaban J connectivity index is 1.87. The van der Waals surface area contributed by atoms with Gasteiger partial charge in [0.2, 0.25) is 5.91 Å². The summed E-state index contributed by atoms with van der Waals surface area (Å²) in [5.41, 5.74) is 2.12. The fraction of sp³-hybridized carbons (Fsp3) is 0.316. The van der Waals surface area contributed by atoms with Gasteiger partial charge in [0.15, 0.2) is 0 Å². The first kappa shape index (κ1) is 18.3. The summed E-state index contributed by atoms with van der Waals surface area (Å²) >= 11 is 0. The van der Waals surface area contributed by atoms with Crippen LogP contribution in [0.25, 0.3) is 0 Å². The van der Waals surface area contributed by atoms with E-state index >= 15 is 0 Å². The molecule has 0 bridgehead atoms. The van der Waals surface area contributed by atoms with Crippen molar-refractivity contribution in [3.8, 4) is 5.75 Å². The third-order valence-corrected chi connectivity index (χ3v) is 5.84. The molecule has 0 aliphatic carbocycles. The largest absolute Gasteiger partial charge is 0.497 e. The summed E-state index contributed by atoms with van der Waals surface area (Å²) < 4.78 is 32.9. The van der Waals surface area contributed by atoms with Gasteiger partial charge in [0.05, 0.1) is 17.7 Å². The van der Waals surface area contributed by atoms with Crippen molar-refractivity contribution in [1.29, 1.82) is 0 Å². The molecule has 0 atom stereocenters. The lowest BCUT2D eigenvalue weighted by Crippen LogP contribution is -2.35. The van der Waals surface area contributed by atoms with Crippen LogP contribution < -0.4 is 14.4 Å². The maximum absolute atomic E-state index is 12.6. The van der Waals surface area contributed by atoms with E-state index in [-0.39, 0.29) is 10.8 Å². The minimum atomic E-state index is -3.72. The van der Waals surface area contributed by atoms with Gasteiger partial charge in [-0.2, -0.15) is 0 Å². The highest BCUT2D eigenvalue weighted by molar-refractivity contribution is 7.92. The fourth-order valence-corrected chi connectivity index (χ4v) is 4.04. The highest BCUT2D eigenvalue weighted by atomic mass is 32.2. The molecule has 1 aliphatic heterocycles. The number of sulfonamides is 1. The van der Waals surface area contributed by atoms with Crippen LogP contribution in [0, 0.1) is 6.92 Å². The van der Waals surface area contributed by atoms with Crippen LogP contribution in [0.15, 0.2) is 47.4 Å². The molecule has 3 rings (SSSR count). The maximum Gasteiger partial charge on any atom is 0.261 e. The summed E-state index contributed by atoms with van der Waals surface area (Å²) in [5.74, 6) is 0.666.